The molecule has 0 aliphatic heterocycles. The summed E-state index contributed by atoms with van der Waals surface area (Å²) in [6.45, 7) is 4.43. The lowest BCUT2D eigenvalue weighted by molar-refractivity contribution is 0.902. The van der Waals surface area contributed by atoms with Crippen LogP contribution in [0.1, 0.15) is 26.1 Å². The molecule has 0 spiro atoms. The number of thiophene rings is 2. The van der Waals surface area contributed by atoms with E-state index in [-0.39, 0.29) is 0 Å². The summed E-state index contributed by atoms with van der Waals surface area (Å²) in [5.74, 6) is 2.26. The van der Waals surface area contributed by atoms with Gasteiger partial charge in [0.25, 0.3) is 0 Å². The van der Waals surface area contributed by atoms with E-state index < -0.39 is 0 Å². The molecule has 0 aliphatic carbocycles. The number of hydrogen-bond donors (Lipinski definition) is 1. The van der Waals surface area contributed by atoms with Gasteiger partial charge in [-0.15, -0.1) is 22.7 Å². The van der Waals surface area contributed by atoms with E-state index in [4.69, 9.17) is 5.73 Å². The number of nitrogen functional groups attached to an aromatic ring is 1. The fourth-order valence-electron chi connectivity index (χ4n) is 2.03. The molecule has 3 aromatic heterocycles. The lowest BCUT2D eigenvalue weighted by Gasteiger charge is -2.08. The summed E-state index contributed by atoms with van der Waals surface area (Å²) in [5.41, 5.74) is 7.35. The summed E-state index contributed by atoms with van der Waals surface area (Å²) < 4.78 is 0. The van der Waals surface area contributed by atoms with Crippen LogP contribution in [0.25, 0.3) is 20.7 Å². The Morgan fingerprint density at radius 2 is 2.19 bits per heavy atom. The predicted molar refractivity (Wildman–Crippen MR) is 96.2 cm³/mol. The summed E-state index contributed by atoms with van der Waals surface area (Å²) in [7, 11) is 0. The van der Waals surface area contributed by atoms with E-state index in [1.165, 1.54) is 4.88 Å². The van der Waals surface area contributed by atoms with E-state index in [1.54, 1.807) is 22.7 Å². The van der Waals surface area contributed by atoms with Crippen LogP contribution >= 0.6 is 34.4 Å². The Hall–Kier alpha value is -1.11. The molecule has 0 bridgehead atoms. The minimum atomic E-state index is 0.601. The molecule has 6 heteroatoms. The van der Waals surface area contributed by atoms with Crippen LogP contribution in [0.5, 0.6) is 0 Å². The standard InChI is InChI=1S/C15H17N3S3/c1-3-9(2)20-8-12-17-14(16)13-10(7-21-15(13)18-12)11-5-4-6-19-11/h4-7,9H,3,8H2,1-2H3,(H2,16,17,18). The average Bonchev–Trinajstić information content (AvgIpc) is 3.13. The second-order valence-electron chi connectivity index (χ2n) is 4.86. The number of thioether (sulfide) groups is 1. The highest BCUT2D eigenvalue weighted by Gasteiger charge is 2.14. The van der Waals surface area contributed by atoms with Crippen molar-refractivity contribution in [3.05, 3.63) is 28.7 Å². The van der Waals surface area contributed by atoms with Crippen molar-refractivity contribution in [1.29, 1.82) is 0 Å². The zero-order valence-corrected chi connectivity index (χ0v) is 14.4. The van der Waals surface area contributed by atoms with E-state index in [2.05, 4.69) is 46.7 Å². The van der Waals surface area contributed by atoms with Crippen molar-refractivity contribution in [3.63, 3.8) is 0 Å². The molecule has 0 amide bonds. The molecule has 0 radical (unpaired) electrons. The molecule has 110 valence electrons. The number of nitrogens with zero attached hydrogens (tertiary/aromatic N) is 2. The molecule has 3 rings (SSSR count). The number of fused-ring (bicyclic) bond motifs is 1. The van der Waals surface area contributed by atoms with Gasteiger partial charge in [0.05, 0.1) is 11.1 Å². The van der Waals surface area contributed by atoms with Gasteiger partial charge in [-0.25, -0.2) is 9.97 Å². The quantitative estimate of drug-likeness (QED) is 0.710. The maximum absolute atomic E-state index is 6.20. The highest BCUT2D eigenvalue weighted by Crippen LogP contribution is 2.38. The zero-order valence-electron chi connectivity index (χ0n) is 12.0. The number of rotatable bonds is 5. The molecule has 0 aliphatic rings. The first kappa shape index (κ1) is 14.8. The SMILES string of the molecule is CCC(C)SCc1nc(N)c2c(-c3cccs3)csc2n1. The van der Waals surface area contributed by atoms with Crippen molar-refractivity contribution >= 4 is 50.5 Å². The summed E-state index contributed by atoms with van der Waals surface area (Å²) in [6, 6.07) is 4.16. The third kappa shape index (κ3) is 3.07. The van der Waals surface area contributed by atoms with Crippen LogP contribution in [0, 0.1) is 0 Å². The average molecular weight is 336 g/mol. The van der Waals surface area contributed by atoms with Gasteiger partial charge in [-0.2, -0.15) is 11.8 Å². The van der Waals surface area contributed by atoms with Crippen molar-refractivity contribution in [2.75, 3.05) is 5.73 Å². The molecular weight excluding hydrogens is 318 g/mol. The highest BCUT2D eigenvalue weighted by molar-refractivity contribution is 7.99. The maximum Gasteiger partial charge on any atom is 0.142 e. The highest BCUT2D eigenvalue weighted by atomic mass is 32.2. The first-order valence-corrected chi connectivity index (χ1v) is 9.69. The van der Waals surface area contributed by atoms with Crippen molar-refractivity contribution in [2.24, 2.45) is 0 Å². The van der Waals surface area contributed by atoms with Crippen LogP contribution in [0.2, 0.25) is 0 Å². The van der Waals surface area contributed by atoms with Crippen LogP contribution < -0.4 is 5.73 Å². The van der Waals surface area contributed by atoms with Gasteiger partial charge in [-0.1, -0.05) is 19.9 Å². The summed E-state index contributed by atoms with van der Waals surface area (Å²) in [4.78, 5) is 11.4. The van der Waals surface area contributed by atoms with Gasteiger partial charge >= 0.3 is 0 Å². The van der Waals surface area contributed by atoms with Crippen LogP contribution in [-0.2, 0) is 5.75 Å². The van der Waals surface area contributed by atoms with E-state index in [0.29, 0.717) is 11.1 Å². The Balaban J connectivity index is 1.95. The van der Waals surface area contributed by atoms with E-state index in [9.17, 15) is 0 Å². The minimum Gasteiger partial charge on any atom is -0.383 e. The van der Waals surface area contributed by atoms with Crippen molar-refractivity contribution in [2.45, 2.75) is 31.3 Å². The van der Waals surface area contributed by atoms with Crippen molar-refractivity contribution < 1.29 is 0 Å². The van der Waals surface area contributed by atoms with Gasteiger partial charge in [-0.3, -0.25) is 0 Å². The van der Waals surface area contributed by atoms with Crippen LogP contribution in [0.3, 0.4) is 0 Å². The van der Waals surface area contributed by atoms with Gasteiger partial charge in [0.2, 0.25) is 0 Å². The lowest BCUT2D eigenvalue weighted by atomic mass is 10.2. The molecule has 0 saturated heterocycles. The second-order valence-corrected chi connectivity index (χ2v) is 8.09. The van der Waals surface area contributed by atoms with E-state index >= 15 is 0 Å². The number of hydrogen-bond acceptors (Lipinski definition) is 6. The van der Waals surface area contributed by atoms with E-state index in [1.807, 2.05) is 11.8 Å². The fraction of sp³-hybridized carbons (Fsp3) is 0.333. The molecular formula is C15H17N3S3. The zero-order chi connectivity index (χ0) is 14.8. The fourth-order valence-corrected chi connectivity index (χ4v) is 4.61. The molecule has 0 aromatic carbocycles. The molecule has 1 unspecified atom stereocenters. The molecule has 3 aromatic rings. The van der Waals surface area contributed by atoms with Crippen LogP contribution in [-0.4, -0.2) is 15.2 Å². The topological polar surface area (TPSA) is 51.8 Å². The Kier molecular flexibility index (Phi) is 4.47. The molecule has 0 fully saturated rings. The number of aromatic nitrogens is 2. The monoisotopic (exact) mass is 335 g/mol. The predicted octanol–water partition coefficient (Wildman–Crippen LogP) is 5.03. The van der Waals surface area contributed by atoms with Crippen molar-refractivity contribution in [3.8, 4) is 10.4 Å². The van der Waals surface area contributed by atoms with Crippen LogP contribution in [0.15, 0.2) is 22.9 Å². The number of anilines is 1. The first-order valence-electron chi connectivity index (χ1n) is 6.88. The Bertz CT molecular complexity index is 734. The smallest absolute Gasteiger partial charge is 0.142 e. The normalized spacial score (nSPS) is 12.9. The van der Waals surface area contributed by atoms with Crippen LogP contribution in [0.4, 0.5) is 5.82 Å². The molecule has 3 heterocycles. The van der Waals surface area contributed by atoms with Crippen molar-refractivity contribution in [1.82, 2.24) is 9.97 Å². The van der Waals surface area contributed by atoms with Gasteiger partial charge in [0.15, 0.2) is 0 Å². The van der Waals surface area contributed by atoms with Gasteiger partial charge in [-0.05, 0) is 17.9 Å². The molecule has 0 saturated carbocycles. The molecule has 1 atom stereocenters. The van der Waals surface area contributed by atoms with Gasteiger partial charge in [0.1, 0.15) is 16.5 Å². The molecule has 3 nitrogen and oxygen atoms in total. The van der Waals surface area contributed by atoms with Gasteiger partial charge in [0, 0.05) is 21.1 Å². The summed E-state index contributed by atoms with van der Waals surface area (Å²) >= 11 is 5.24. The third-order valence-electron chi connectivity index (χ3n) is 3.37. The number of nitrogens with two attached hydrogens (primary N) is 1. The molecule has 2 N–H and O–H groups in total. The minimum absolute atomic E-state index is 0.601. The maximum atomic E-state index is 6.20. The largest absolute Gasteiger partial charge is 0.383 e. The van der Waals surface area contributed by atoms with Gasteiger partial charge < -0.3 is 5.73 Å². The van der Waals surface area contributed by atoms with E-state index in [0.717, 1.165) is 33.8 Å². The third-order valence-corrected chi connectivity index (χ3v) is 6.47. The first-order chi connectivity index (χ1) is 10.2. The Labute approximate surface area is 136 Å². The summed E-state index contributed by atoms with van der Waals surface area (Å²) in [6.07, 6.45) is 1.16. The Morgan fingerprint density at radius 3 is 2.90 bits per heavy atom. The lowest BCUT2D eigenvalue weighted by Crippen LogP contribution is -2.01. The Morgan fingerprint density at radius 1 is 1.33 bits per heavy atom. The molecule has 21 heavy (non-hydrogen) atoms. The second kappa shape index (κ2) is 6.34. The summed E-state index contributed by atoms with van der Waals surface area (Å²) in [5, 5.41) is 5.83.